The van der Waals surface area contributed by atoms with Crippen molar-refractivity contribution < 1.29 is 9.53 Å². The van der Waals surface area contributed by atoms with E-state index in [0.717, 1.165) is 12.8 Å². The van der Waals surface area contributed by atoms with Gasteiger partial charge in [0.15, 0.2) is 0 Å². The average Bonchev–Trinajstić information content (AvgIpc) is 2.94. The maximum atomic E-state index is 11.9. The van der Waals surface area contributed by atoms with E-state index in [-0.39, 0.29) is 5.97 Å². The van der Waals surface area contributed by atoms with Crippen LogP contribution in [0.4, 0.5) is 0 Å². The smallest absolute Gasteiger partial charge is 0.348 e. The molecule has 0 aliphatic rings. The van der Waals surface area contributed by atoms with Crippen LogP contribution in [0.2, 0.25) is 0 Å². The van der Waals surface area contributed by atoms with Gasteiger partial charge in [0.05, 0.1) is 6.61 Å². The Balaban J connectivity index is 2.45. The molecule has 0 saturated carbocycles. The number of ether oxygens (including phenoxy) is 1. The Kier molecular flexibility index (Phi) is 5.00. The SMILES string of the molecule is CCCc1cc(C(=O)OCC)sc1-c1cc(C)sc1C. The molecule has 2 rings (SSSR count). The molecule has 0 N–H and O–H groups in total. The van der Waals surface area contributed by atoms with Crippen LogP contribution in [0, 0.1) is 13.8 Å². The topological polar surface area (TPSA) is 26.3 Å². The van der Waals surface area contributed by atoms with Crippen LogP contribution in [-0.2, 0) is 11.2 Å². The summed E-state index contributed by atoms with van der Waals surface area (Å²) in [6.07, 6.45) is 2.08. The van der Waals surface area contributed by atoms with Crippen LogP contribution in [-0.4, -0.2) is 12.6 Å². The van der Waals surface area contributed by atoms with E-state index in [0.29, 0.717) is 11.5 Å². The summed E-state index contributed by atoms with van der Waals surface area (Å²) in [5.41, 5.74) is 2.54. The number of rotatable bonds is 5. The highest BCUT2D eigenvalue weighted by atomic mass is 32.1. The second kappa shape index (κ2) is 6.55. The maximum Gasteiger partial charge on any atom is 0.348 e. The standard InChI is InChI=1S/C16H20O2S2/c1-5-7-12-9-14(16(17)18-6-2)20-15(12)13-8-10(3)19-11(13)4/h8-9H,5-7H2,1-4H3. The highest BCUT2D eigenvalue weighted by molar-refractivity contribution is 7.18. The van der Waals surface area contributed by atoms with Crippen molar-refractivity contribution in [3.63, 3.8) is 0 Å². The Bertz CT molecular complexity index is 608. The van der Waals surface area contributed by atoms with Gasteiger partial charge in [-0.3, -0.25) is 0 Å². The van der Waals surface area contributed by atoms with Gasteiger partial charge in [0.1, 0.15) is 4.88 Å². The molecule has 0 aliphatic carbocycles. The molecule has 20 heavy (non-hydrogen) atoms. The minimum Gasteiger partial charge on any atom is -0.462 e. The van der Waals surface area contributed by atoms with E-state index in [4.69, 9.17) is 4.74 Å². The number of hydrogen-bond donors (Lipinski definition) is 0. The third-order valence-corrected chi connectivity index (χ3v) is 5.25. The molecule has 0 aromatic carbocycles. The number of carbonyl (C=O) groups excluding carboxylic acids is 1. The molecular weight excluding hydrogens is 288 g/mol. The van der Waals surface area contributed by atoms with Crippen LogP contribution < -0.4 is 0 Å². The predicted octanol–water partition coefficient (Wildman–Crippen LogP) is 5.22. The first-order chi connectivity index (χ1) is 9.56. The second-order valence-electron chi connectivity index (χ2n) is 4.76. The van der Waals surface area contributed by atoms with Crippen molar-refractivity contribution in [2.75, 3.05) is 6.61 Å². The summed E-state index contributed by atoms with van der Waals surface area (Å²) in [5, 5.41) is 0. The maximum absolute atomic E-state index is 11.9. The van der Waals surface area contributed by atoms with Crippen molar-refractivity contribution in [2.45, 2.75) is 40.5 Å². The Morgan fingerprint density at radius 2 is 1.95 bits per heavy atom. The van der Waals surface area contributed by atoms with E-state index >= 15 is 0 Å². The van der Waals surface area contributed by atoms with Crippen LogP contribution in [0.5, 0.6) is 0 Å². The summed E-state index contributed by atoms with van der Waals surface area (Å²) in [4.78, 5) is 16.5. The zero-order valence-electron chi connectivity index (χ0n) is 12.4. The van der Waals surface area contributed by atoms with Crippen molar-refractivity contribution in [3.05, 3.63) is 32.3 Å². The third kappa shape index (κ3) is 3.13. The minimum absolute atomic E-state index is 0.203. The lowest BCUT2D eigenvalue weighted by molar-refractivity contribution is 0.0532. The van der Waals surface area contributed by atoms with Gasteiger partial charge in [-0.2, -0.15) is 0 Å². The molecule has 2 nitrogen and oxygen atoms in total. The highest BCUT2D eigenvalue weighted by Crippen LogP contribution is 2.39. The Morgan fingerprint density at radius 1 is 1.20 bits per heavy atom. The molecule has 2 heterocycles. The Labute approximate surface area is 128 Å². The number of thiophene rings is 2. The van der Waals surface area contributed by atoms with Gasteiger partial charge in [-0.1, -0.05) is 13.3 Å². The molecular formula is C16H20O2S2. The Morgan fingerprint density at radius 3 is 2.50 bits per heavy atom. The quantitative estimate of drug-likeness (QED) is 0.708. The van der Waals surface area contributed by atoms with Gasteiger partial charge in [-0.05, 0) is 44.9 Å². The largest absolute Gasteiger partial charge is 0.462 e. The molecule has 0 amide bonds. The summed E-state index contributed by atoms with van der Waals surface area (Å²) in [6, 6.07) is 4.23. The van der Waals surface area contributed by atoms with Gasteiger partial charge in [0, 0.05) is 20.2 Å². The van der Waals surface area contributed by atoms with Crippen molar-refractivity contribution in [1.82, 2.24) is 0 Å². The van der Waals surface area contributed by atoms with Crippen LogP contribution in [0.25, 0.3) is 10.4 Å². The normalized spacial score (nSPS) is 10.8. The van der Waals surface area contributed by atoms with E-state index < -0.39 is 0 Å². The van der Waals surface area contributed by atoms with Crippen molar-refractivity contribution in [1.29, 1.82) is 0 Å². The van der Waals surface area contributed by atoms with Gasteiger partial charge in [0.2, 0.25) is 0 Å². The number of hydrogen-bond acceptors (Lipinski definition) is 4. The van der Waals surface area contributed by atoms with Crippen molar-refractivity contribution in [2.24, 2.45) is 0 Å². The van der Waals surface area contributed by atoms with E-state index in [2.05, 4.69) is 26.8 Å². The number of carbonyl (C=O) groups is 1. The lowest BCUT2D eigenvalue weighted by atomic mass is 10.1. The Hall–Kier alpha value is -1.13. The first kappa shape index (κ1) is 15.3. The molecule has 0 bridgehead atoms. The van der Waals surface area contributed by atoms with Gasteiger partial charge >= 0.3 is 5.97 Å². The molecule has 0 fully saturated rings. The molecule has 108 valence electrons. The minimum atomic E-state index is -0.203. The van der Waals surface area contributed by atoms with Crippen LogP contribution in [0.1, 0.15) is 45.3 Å². The fourth-order valence-corrected chi connectivity index (χ4v) is 4.44. The first-order valence-electron chi connectivity index (χ1n) is 6.94. The zero-order chi connectivity index (χ0) is 14.7. The van der Waals surface area contributed by atoms with Crippen LogP contribution >= 0.6 is 22.7 Å². The third-order valence-electron chi connectivity index (χ3n) is 3.09. The van der Waals surface area contributed by atoms with Crippen molar-refractivity contribution >= 4 is 28.6 Å². The van der Waals surface area contributed by atoms with E-state index in [1.807, 2.05) is 24.3 Å². The summed E-state index contributed by atoms with van der Waals surface area (Å²) in [5.74, 6) is -0.203. The average molecular weight is 308 g/mol. The lowest BCUT2D eigenvalue weighted by Gasteiger charge is -2.01. The summed E-state index contributed by atoms with van der Waals surface area (Å²) in [7, 11) is 0. The molecule has 0 spiro atoms. The van der Waals surface area contributed by atoms with Gasteiger partial charge in [-0.15, -0.1) is 22.7 Å². The van der Waals surface area contributed by atoms with E-state index in [1.165, 1.54) is 25.8 Å². The molecule has 0 radical (unpaired) electrons. The molecule has 2 aromatic heterocycles. The molecule has 0 atom stereocenters. The van der Waals surface area contributed by atoms with E-state index in [9.17, 15) is 4.79 Å². The molecule has 4 heteroatoms. The zero-order valence-corrected chi connectivity index (χ0v) is 14.0. The first-order valence-corrected chi connectivity index (χ1v) is 8.57. The number of aryl methyl sites for hydroxylation is 3. The highest BCUT2D eigenvalue weighted by Gasteiger charge is 2.18. The van der Waals surface area contributed by atoms with Crippen molar-refractivity contribution in [3.8, 4) is 10.4 Å². The molecule has 2 aromatic rings. The monoisotopic (exact) mass is 308 g/mol. The summed E-state index contributed by atoms with van der Waals surface area (Å²) in [6.45, 7) is 8.70. The molecule has 0 unspecified atom stereocenters. The van der Waals surface area contributed by atoms with Crippen LogP contribution in [0.15, 0.2) is 12.1 Å². The van der Waals surface area contributed by atoms with Gasteiger partial charge in [-0.25, -0.2) is 4.79 Å². The second-order valence-corrected chi connectivity index (χ2v) is 7.28. The fourth-order valence-electron chi connectivity index (χ4n) is 2.27. The summed E-state index contributed by atoms with van der Waals surface area (Å²) < 4.78 is 5.12. The summed E-state index contributed by atoms with van der Waals surface area (Å²) >= 11 is 3.37. The van der Waals surface area contributed by atoms with Gasteiger partial charge in [0.25, 0.3) is 0 Å². The lowest BCUT2D eigenvalue weighted by Crippen LogP contribution is -2.01. The fraction of sp³-hybridized carbons (Fsp3) is 0.438. The van der Waals surface area contributed by atoms with E-state index in [1.54, 1.807) is 11.3 Å². The van der Waals surface area contributed by atoms with Crippen LogP contribution in [0.3, 0.4) is 0 Å². The predicted molar refractivity (Wildman–Crippen MR) is 87.1 cm³/mol. The van der Waals surface area contributed by atoms with Gasteiger partial charge < -0.3 is 4.74 Å². The number of esters is 1. The molecule has 0 aliphatic heterocycles. The molecule has 0 saturated heterocycles.